The minimum absolute atomic E-state index is 0.0861. The van der Waals surface area contributed by atoms with Gasteiger partial charge in [0.25, 0.3) is 5.91 Å². The molecule has 2 amide bonds. The maximum absolute atomic E-state index is 12.7. The quantitative estimate of drug-likeness (QED) is 0.751. The van der Waals surface area contributed by atoms with Gasteiger partial charge in [-0.3, -0.25) is 14.5 Å². The second-order valence-corrected chi connectivity index (χ2v) is 6.94. The number of carbonyl (C=O) groups is 2. The molecule has 1 atom stereocenters. The topological polar surface area (TPSA) is 79.9 Å². The summed E-state index contributed by atoms with van der Waals surface area (Å²) in [4.78, 5) is 26.6. The van der Waals surface area contributed by atoms with E-state index in [1.54, 1.807) is 45.5 Å². The molecule has 2 aromatic carbocycles. The lowest BCUT2D eigenvalue weighted by Gasteiger charge is -2.26. The van der Waals surface area contributed by atoms with Gasteiger partial charge >= 0.3 is 0 Å². The van der Waals surface area contributed by atoms with Crippen LogP contribution in [0.1, 0.15) is 34.8 Å². The van der Waals surface area contributed by atoms with Crippen LogP contribution in [0, 0.1) is 0 Å². The number of hydrogen-bond donors (Lipinski definition) is 2. The molecular weight excluding hydrogens is 370 g/mol. The molecule has 0 spiro atoms. The number of methoxy groups -OCH3 is 2. The van der Waals surface area contributed by atoms with E-state index in [4.69, 9.17) is 9.47 Å². The van der Waals surface area contributed by atoms with E-state index in [2.05, 4.69) is 15.5 Å². The van der Waals surface area contributed by atoms with Crippen LogP contribution in [0.25, 0.3) is 0 Å². The third-order valence-corrected chi connectivity index (χ3v) is 5.14. The van der Waals surface area contributed by atoms with Crippen molar-refractivity contribution in [3.63, 3.8) is 0 Å². The van der Waals surface area contributed by atoms with E-state index in [9.17, 15) is 9.59 Å². The number of rotatable bonds is 7. The van der Waals surface area contributed by atoms with Crippen molar-refractivity contribution in [1.82, 2.24) is 10.2 Å². The van der Waals surface area contributed by atoms with Crippen LogP contribution >= 0.6 is 0 Å². The van der Waals surface area contributed by atoms with Gasteiger partial charge in [0.2, 0.25) is 5.91 Å². The minimum atomic E-state index is -0.189. The summed E-state index contributed by atoms with van der Waals surface area (Å²) in [6, 6.07) is 12.7. The Kier molecular flexibility index (Phi) is 6.72. The maximum atomic E-state index is 12.7. The van der Waals surface area contributed by atoms with Crippen molar-refractivity contribution in [2.24, 2.45) is 0 Å². The van der Waals surface area contributed by atoms with Crippen LogP contribution < -0.4 is 20.1 Å². The molecule has 0 bridgehead atoms. The molecule has 1 fully saturated rings. The molecule has 0 aromatic heterocycles. The first-order chi connectivity index (χ1) is 14.0. The number of nitrogens with one attached hydrogen (secondary N) is 2. The Hall–Kier alpha value is -3.06. The second-order valence-electron chi connectivity index (χ2n) is 6.94. The van der Waals surface area contributed by atoms with Gasteiger partial charge in [-0.25, -0.2) is 0 Å². The number of ether oxygens (including phenoxy) is 2. The summed E-state index contributed by atoms with van der Waals surface area (Å²) in [5.74, 6) is 1.25. The van der Waals surface area contributed by atoms with Gasteiger partial charge in [0.1, 0.15) is 11.5 Å². The van der Waals surface area contributed by atoms with Crippen molar-refractivity contribution in [3.8, 4) is 11.5 Å². The molecule has 7 heteroatoms. The van der Waals surface area contributed by atoms with E-state index in [1.807, 2.05) is 18.2 Å². The number of carbonyl (C=O) groups excluding carboxylic acids is 2. The van der Waals surface area contributed by atoms with Gasteiger partial charge in [-0.15, -0.1) is 0 Å². The van der Waals surface area contributed by atoms with Gasteiger partial charge in [0, 0.05) is 29.9 Å². The number of anilines is 1. The minimum Gasteiger partial charge on any atom is -0.497 e. The monoisotopic (exact) mass is 397 g/mol. The fourth-order valence-electron chi connectivity index (χ4n) is 3.73. The molecule has 0 aliphatic carbocycles. The third kappa shape index (κ3) is 4.86. The molecule has 7 nitrogen and oxygen atoms in total. The van der Waals surface area contributed by atoms with Crippen molar-refractivity contribution in [2.75, 3.05) is 39.7 Å². The van der Waals surface area contributed by atoms with Gasteiger partial charge in [-0.2, -0.15) is 0 Å². The summed E-state index contributed by atoms with van der Waals surface area (Å²) in [6.45, 7) is 1.09. The van der Waals surface area contributed by atoms with E-state index in [0.29, 0.717) is 11.3 Å². The molecule has 1 aliphatic heterocycles. The normalized spacial score (nSPS) is 16.3. The zero-order chi connectivity index (χ0) is 20.8. The lowest BCUT2D eigenvalue weighted by molar-refractivity contribution is -0.117. The fraction of sp³-hybridized carbons (Fsp3) is 0.364. The molecule has 154 valence electrons. The van der Waals surface area contributed by atoms with Gasteiger partial charge < -0.3 is 20.1 Å². The number of hydrogen-bond acceptors (Lipinski definition) is 5. The van der Waals surface area contributed by atoms with Gasteiger partial charge in [-0.1, -0.05) is 6.07 Å². The largest absolute Gasteiger partial charge is 0.497 e. The number of benzene rings is 2. The first-order valence-corrected chi connectivity index (χ1v) is 9.63. The molecule has 1 unspecified atom stereocenters. The lowest BCUT2D eigenvalue weighted by Crippen LogP contribution is -2.33. The standard InChI is InChI=1S/C22H27N3O4/c1-23-22(27)15-6-4-7-16(12-15)24-21(26)14-25-11-5-8-19(25)18-13-17(28-2)9-10-20(18)29-3/h4,6-7,9-10,12-13,19H,5,8,11,14H2,1-3H3,(H,23,27)(H,24,26). The number of amides is 2. The van der Waals surface area contributed by atoms with Crippen molar-refractivity contribution < 1.29 is 19.1 Å². The van der Waals surface area contributed by atoms with Crippen LogP contribution in [0.3, 0.4) is 0 Å². The SMILES string of the molecule is CNC(=O)c1cccc(NC(=O)CN2CCCC2c2cc(OC)ccc2OC)c1. The van der Waals surface area contributed by atoms with Crippen LogP contribution in [0.4, 0.5) is 5.69 Å². The van der Waals surface area contributed by atoms with Crippen LogP contribution in [0.5, 0.6) is 11.5 Å². The predicted molar refractivity (Wildman–Crippen MR) is 112 cm³/mol. The Morgan fingerprint density at radius 2 is 1.97 bits per heavy atom. The van der Waals surface area contributed by atoms with Gasteiger partial charge in [0.15, 0.2) is 0 Å². The molecule has 1 saturated heterocycles. The highest BCUT2D eigenvalue weighted by Crippen LogP contribution is 2.38. The summed E-state index contributed by atoms with van der Waals surface area (Å²) in [7, 11) is 4.86. The van der Waals surface area contributed by atoms with E-state index in [0.717, 1.165) is 36.4 Å². The zero-order valence-electron chi connectivity index (χ0n) is 17.0. The summed E-state index contributed by atoms with van der Waals surface area (Å²) < 4.78 is 10.9. The number of likely N-dealkylation sites (tertiary alicyclic amines) is 1. The molecule has 2 aromatic rings. The van der Waals surface area contributed by atoms with Crippen molar-refractivity contribution in [1.29, 1.82) is 0 Å². The Bertz CT molecular complexity index is 884. The van der Waals surface area contributed by atoms with Crippen molar-refractivity contribution in [2.45, 2.75) is 18.9 Å². The molecule has 2 N–H and O–H groups in total. The molecular formula is C22H27N3O4. The second kappa shape index (κ2) is 9.43. The Balaban J connectivity index is 1.71. The Labute approximate surface area is 171 Å². The van der Waals surface area contributed by atoms with Crippen molar-refractivity contribution >= 4 is 17.5 Å². The fourth-order valence-corrected chi connectivity index (χ4v) is 3.73. The summed E-state index contributed by atoms with van der Waals surface area (Å²) in [5, 5.41) is 5.48. The predicted octanol–water partition coefficient (Wildman–Crippen LogP) is 2.84. The smallest absolute Gasteiger partial charge is 0.251 e. The van der Waals surface area contributed by atoms with Crippen LogP contribution in [-0.2, 0) is 4.79 Å². The first-order valence-electron chi connectivity index (χ1n) is 9.63. The average Bonchev–Trinajstić information content (AvgIpc) is 3.20. The third-order valence-electron chi connectivity index (χ3n) is 5.14. The van der Waals surface area contributed by atoms with Crippen LogP contribution in [-0.4, -0.2) is 51.1 Å². The van der Waals surface area contributed by atoms with Crippen molar-refractivity contribution in [3.05, 3.63) is 53.6 Å². The van der Waals surface area contributed by atoms with Crippen LogP contribution in [0.2, 0.25) is 0 Å². The first kappa shape index (κ1) is 20.7. The van der Waals surface area contributed by atoms with Crippen LogP contribution in [0.15, 0.2) is 42.5 Å². The molecule has 1 aliphatic rings. The molecule has 0 saturated carbocycles. The Morgan fingerprint density at radius 1 is 1.14 bits per heavy atom. The highest BCUT2D eigenvalue weighted by molar-refractivity contribution is 5.97. The van der Waals surface area contributed by atoms with E-state index >= 15 is 0 Å². The van der Waals surface area contributed by atoms with E-state index < -0.39 is 0 Å². The summed E-state index contributed by atoms with van der Waals surface area (Å²) in [6.07, 6.45) is 1.95. The molecule has 1 heterocycles. The summed E-state index contributed by atoms with van der Waals surface area (Å²) in [5.41, 5.74) is 2.13. The molecule has 0 radical (unpaired) electrons. The Morgan fingerprint density at radius 3 is 2.69 bits per heavy atom. The van der Waals surface area contributed by atoms with E-state index in [1.165, 1.54) is 0 Å². The van der Waals surface area contributed by atoms with E-state index in [-0.39, 0.29) is 24.4 Å². The molecule has 29 heavy (non-hydrogen) atoms. The average molecular weight is 397 g/mol. The highest BCUT2D eigenvalue weighted by Gasteiger charge is 2.30. The highest BCUT2D eigenvalue weighted by atomic mass is 16.5. The maximum Gasteiger partial charge on any atom is 0.251 e. The molecule has 3 rings (SSSR count). The number of nitrogens with zero attached hydrogens (tertiary/aromatic N) is 1. The van der Waals surface area contributed by atoms with Gasteiger partial charge in [0.05, 0.1) is 20.8 Å². The lowest BCUT2D eigenvalue weighted by atomic mass is 10.0. The summed E-state index contributed by atoms with van der Waals surface area (Å²) >= 11 is 0. The zero-order valence-corrected chi connectivity index (χ0v) is 17.0. The van der Waals surface area contributed by atoms with Gasteiger partial charge in [-0.05, 0) is 55.8 Å².